The molecule has 5 nitrogen and oxygen atoms in total. The van der Waals surface area contributed by atoms with E-state index in [1.54, 1.807) is 23.3 Å². The summed E-state index contributed by atoms with van der Waals surface area (Å²) in [6, 6.07) is 21.4. The number of thioether (sulfide) groups is 1. The van der Waals surface area contributed by atoms with E-state index in [-0.39, 0.29) is 11.2 Å². The van der Waals surface area contributed by atoms with Gasteiger partial charge in [-0.2, -0.15) is 5.10 Å². The highest BCUT2D eigenvalue weighted by molar-refractivity contribution is 8.16. The predicted molar refractivity (Wildman–Crippen MR) is 114 cm³/mol. The van der Waals surface area contributed by atoms with Crippen LogP contribution in [0.15, 0.2) is 87.6 Å². The maximum absolute atomic E-state index is 13.2. The van der Waals surface area contributed by atoms with Crippen molar-refractivity contribution in [2.45, 2.75) is 18.6 Å². The molecular weight excluding hydrogens is 370 g/mol. The number of hydrogen-bond donors (Lipinski definition) is 0. The average Bonchev–Trinajstić information content (AvgIpc) is 3.31. The van der Waals surface area contributed by atoms with Gasteiger partial charge >= 0.3 is 0 Å². The molecule has 0 unspecified atom stereocenters. The second kappa shape index (κ2) is 8.27. The van der Waals surface area contributed by atoms with Crippen molar-refractivity contribution in [2.75, 3.05) is 4.90 Å². The first kappa shape index (κ1) is 18.3. The van der Waals surface area contributed by atoms with Gasteiger partial charge in [-0.15, -0.1) is 5.10 Å². The molecule has 2 aromatic carbocycles. The number of anilines is 1. The second-order valence-electron chi connectivity index (χ2n) is 6.45. The van der Waals surface area contributed by atoms with E-state index in [1.807, 2.05) is 36.4 Å². The molecule has 0 spiro atoms. The predicted octanol–water partition coefficient (Wildman–Crippen LogP) is 4.67. The van der Waals surface area contributed by atoms with Crippen LogP contribution in [0, 0.1) is 6.92 Å². The third kappa shape index (κ3) is 4.07. The van der Waals surface area contributed by atoms with Gasteiger partial charge in [0.2, 0.25) is 5.91 Å². The molecule has 1 saturated heterocycles. The molecule has 1 aliphatic rings. The van der Waals surface area contributed by atoms with Crippen molar-refractivity contribution in [3.63, 3.8) is 0 Å². The molecule has 0 saturated carbocycles. The van der Waals surface area contributed by atoms with Crippen molar-refractivity contribution in [1.29, 1.82) is 0 Å². The minimum Gasteiger partial charge on any atom is -0.463 e. The van der Waals surface area contributed by atoms with E-state index < -0.39 is 0 Å². The summed E-state index contributed by atoms with van der Waals surface area (Å²) in [6.45, 7) is 2.06. The van der Waals surface area contributed by atoms with Crippen LogP contribution in [0.5, 0.6) is 0 Å². The van der Waals surface area contributed by atoms with Crippen molar-refractivity contribution in [2.24, 2.45) is 10.2 Å². The van der Waals surface area contributed by atoms with Crippen molar-refractivity contribution in [3.8, 4) is 0 Å². The van der Waals surface area contributed by atoms with Crippen LogP contribution in [0.25, 0.3) is 0 Å². The molecular formula is C22H19N3O2S. The van der Waals surface area contributed by atoms with Crippen molar-refractivity contribution in [1.82, 2.24) is 0 Å². The van der Waals surface area contributed by atoms with Crippen molar-refractivity contribution in [3.05, 3.63) is 89.9 Å². The highest BCUT2D eigenvalue weighted by Gasteiger charge is 2.39. The first-order valence-electron chi connectivity index (χ1n) is 8.96. The molecule has 1 fully saturated rings. The van der Waals surface area contributed by atoms with E-state index in [9.17, 15) is 4.79 Å². The molecule has 3 aromatic rings. The number of benzene rings is 2. The number of rotatable bonds is 5. The van der Waals surface area contributed by atoms with E-state index in [0.717, 1.165) is 11.3 Å². The SMILES string of the molecule is Cc1cccc(C[C@H]2SC(=NN=Cc3ccco3)N(c3ccccc3)C2=O)c1. The molecule has 1 aromatic heterocycles. The molecule has 2 heterocycles. The average molecular weight is 389 g/mol. The Morgan fingerprint density at radius 3 is 2.71 bits per heavy atom. The lowest BCUT2D eigenvalue weighted by Crippen LogP contribution is -2.32. The van der Waals surface area contributed by atoms with Gasteiger partial charge in [0.05, 0.1) is 23.4 Å². The first-order chi connectivity index (χ1) is 13.7. The van der Waals surface area contributed by atoms with Crippen LogP contribution >= 0.6 is 11.8 Å². The number of furan rings is 1. The number of carbonyl (C=O) groups excluding carboxylic acids is 1. The Bertz CT molecular complexity index is 1010. The summed E-state index contributed by atoms with van der Waals surface area (Å²) in [7, 11) is 0. The van der Waals surface area contributed by atoms with E-state index >= 15 is 0 Å². The lowest BCUT2D eigenvalue weighted by Gasteiger charge is -2.15. The molecule has 28 heavy (non-hydrogen) atoms. The summed E-state index contributed by atoms with van der Waals surface area (Å²) in [4.78, 5) is 14.8. The maximum atomic E-state index is 13.2. The molecule has 140 valence electrons. The molecule has 0 N–H and O–H groups in total. The summed E-state index contributed by atoms with van der Waals surface area (Å²) in [5.41, 5.74) is 3.11. The fraction of sp³-hybridized carbons (Fsp3) is 0.136. The topological polar surface area (TPSA) is 58.2 Å². The molecule has 4 rings (SSSR count). The quantitative estimate of drug-likeness (QED) is 0.471. The Balaban J connectivity index is 1.61. The molecule has 1 amide bonds. The number of nitrogens with zero attached hydrogens (tertiary/aromatic N) is 3. The number of amidine groups is 1. The van der Waals surface area contributed by atoms with Crippen LogP contribution in [0.3, 0.4) is 0 Å². The largest absolute Gasteiger partial charge is 0.463 e. The third-order valence-corrected chi connectivity index (χ3v) is 5.45. The first-order valence-corrected chi connectivity index (χ1v) is 9.84. The zero-order chi connectivity index (χ0) is 19.3. The minimum absolute atomic E-state index is 0.0182. The van der Waals surface area contributed by atoms with E-state index in [1.165, 1.54) is 23.5 Å². The third-order valence-electron chi connectivity index (χ3n) is 4.32. The molecule has 6 heteroatoms. The zero-order valence-electron chi connectivity index (χ0n) is 15.4. The zero-order valence-corrected chi connectivity index (χ0v) is 16.2. The van der Waals surface area contributed by atoms with Crippen LogP contribution < -0.4 is 4.90 Å². The van der Waals surface area contributed by atoms with Gasteiger partial charge in [-0.3, -0.25) is 9.69 Å². The summed E-state index contributed by atoms with van der Waals surface area (Å²) < 4.78 is 5.24. The Morgan fingerprint density at radius 2 is 1.96 bits per heavy atom. The van der Waals surface area contributed by atoms with Gasteiger partial charge in [-0.25, -0.2) is 0 Å². The maximum Gasteiger partial charge on any atom is 0.247 e. The smallest absolute Gasteiger partial charge is 0.247 e. The summed E-state index contributed by atoms with van der Waals surface area (Å²) >= 11 is 1.44. The van der Waals surface area contributed by atoms with Crippen molar-refractivity contribution < 1.29 is 9.21 Å². The Kier molecular flexibility index (Phi) is 5.39. The lowest BCUT2D eigenvalue weighted by atomic mass is 10.1. The van der Waals surface area contributed by atoms with Gasteiger partial charge in [0, 0.05) is 0 Å². The van der Waals surface area contributed by atoms with Crippen molar-refractivity contribution >= 4 is 34.7 Å². The summed E-state index contributed by atoms with van der Waals surface area (Å²) in [6.07, 6.45) is 3.76. The summed E-state index contributed by atoms with van der Waals surface area (Å²) in [5, 5.41) is 8.76. The van der Waals surface area contributed by atoms with Crippen LogP contribution in [0.1, 0.15) is 16.9 Å². The van der Waals surface area contributed by atoms with Gasteiger partial charge in [-0.1, -0.05) is 59.8 Å². The normalized spacial score (nSPS) is 18.5. The molecule has 0 aliphatic carbocycles. The summed E-state index contributed by atoms with van der Waals surface area (Å²) in [5.74, 6) is 0.630. The van der Waals surface area contributed by atoms with E-state index in [0.29, 0.717) is 17.3 Å². The van der Waals surface area contributed by atoms with Gasteiger partial charge in [0.25, 0.3) is 0 Å². The highest BCUT2D eigenvalue weighted by atomic mass is 32.2. The number of hydrogen-bond acceptors (Lipinski definition) is 5. The van der Waals surface area contributed by atoms with Crippen LogP contribution in [-0.2, 0) is 11.2 Å². The molecule has 0 bridgehead atoms. The second-order valence-corrected chi connectivity index (χ2v) is 7.62. The number of carbonyl (C=O) groups is 1. The Hall–Kier alpha value is -3.12. The van der Waals surface area contributed by atoms with Gasteiger partial charge in [0.1, 0.15) is 5.76 Å². The fourth-order valence-electron chi connectivity index (χ4n) is 3.03. The number of amides is 1. The monoisotopic (exact) mass is 389 g/mol. The minimum atomic E-state index is -0.237. The number of para-hydroxylation sites is 1. The fourth-order valence-corrected chi connectivity index (χ4v) is 4.17. The van der Waals surface area contributed by atoms with Gasteiger partial charge in [0.15, 0.2) is 5.17 Å². The van der Waals surface area contributed by atoms with E-state index in [4.69, 9.17) is 4.42 Å². The van der Waals surface area contributed by atoms with Gasteiger partial charge < -0.3 is 4.42 Å². The molecule has 1 atom stereocenters. The highest BCUT2D eigenvalue weighted by Crippen LogP contribution is 2.34. The lowest BCUT2D eigenvalue weighted by molar-refractivity contribution is -0.116. The van der Waals surface area contributed by atoms with Crippen LogP contribution in [0.2, 0.25) is 0 Å². The number of aryl methyl sites for hydroxylation is 1. The van der Waals surface area contributed by atoms with Gasteiger partial charge in [-0.05, 0) is 43.2 Å². The molecule has 1 aliphatic heterocycles. The Morgan fingerprint density at radius 1 is 1.11 bits per heavy atom. The molecule has 0 radical (unpaired) electrons. The van der Waals surface area contributed by atoms with E-state index in [2.05, 4.69) is 35.3 Å². The van der Waals surface area contributed by atoms with Crippen LogP contribution in [0.4, 0.5) is 5.69 Å². The van der Waals surface area contributed by atoms with Crippen LogP contribution in [-0.4, -0.2) is 22.5 Å². The Labute approximate surface area is 167 Å². The standard InChI is InChI=1S/C22H19N3O2S/c1-16-7-5-8-17(13-16)14-20-21(26)25(18-9-3-2-4-10-18)22(28-20)24-23-15-19-11-6-12-27-19/h2-13,15,20H,14H2,1H3/t20-/m1/s1.